The van der Waals surface area contributed by atoms with Gasteiger partial charge in [-0.05, 0) is 12.1 Å². The van der Waals surface area contributed by atoms with Crippen molar-refractivity contribution in [1.29, 1.82) is 0 Å². The topological polar surface area (TPSA) is 44.9 Å². The standard InChI is InChI=1S/C14H12F2N4O.ClH/c15-14(16)21-13-3-1-2-12(6-13)20-8-11(18-10-20)7-19-5-4-17-9-19;/h1-6,8-10,14H,7H2;1H. The summed E-state index contributed by atoms with van der Waals surface area (Å²) in [5.74, 6) is 0.118. The Hall–Kier alpha value is -2.41. The first-order chi connectivity index (χ1) is 10.2. The largest absolute Gasteiger partial charge is 0.435 e. The van der Waals surface area contributed by atoms with E-state index in [2.05, 4.69) is 14.7 Å². The van der Waals surface area contributed by atoms with Crippen molar-refractivity contribution in [3.8, 4) is 11.4 Å². The van der Waals surface area contributed by atoms with Gasteiger partial charge in [0, 0.05) is 24.7 Å². The van der Waals surface area contributed by atoms with Gasteiger partial charge in [0.05, 0.1) is 30.6 Å². The third-order valence-corrected chi connectivity index (χ3v) is 2.88. The van der Waals surface area contributed by atoms with Gasteiger partial charge in [-0.1, -0.05) is 6.07 Å². The third-order valence-electron chi connectivity index (χ3n) is 2.88. The van der Waals surface area contributed by atoms with E-state index in [0.29, 0.717) is 12.2 Å². The lowest BCUT2D eigenvalue weighted by molar-refractivity contribution is -0.0498. The highest BCUT2D eigenvalue weighted by Crippen LogP contribution is 2.19. The Morgan fingerprint density at radius 1 is 1.23 bits per heavy atom. The molecule has 0 saturated carbocycles. The van der Waals surface area contributed by atoms with Gasteiger partial charge in [0.2, 0.25) is 0 Å². The van der Waals surface area contributed by atoms with E-state index >= 15 is 0 Å². The molecule has 0 saturated heterocycles. The molecule has 1 aromatic carbocycles. The Morgan fingerprint density at radius 3 is 2.82 bits per heavy atom. The zero-order valence-corrected chi connectivity index (χ0v) is 12.2. The molecule has 22 heavy (non-hydrogen) atoms. The molecule has 2 heterocycles. The first kappa shape index (κ1) is 16.0. The van der Waals surface area contributed by atoms with Crippen LogP contribution in [0.3, 0.4) is 0 Å². The van der Waals surface area contributed by atoms with Gasteiger partial charge in [-0.3, -0.25) is 0 Å². The molecule has 0 atom stereocenters. The summed E-state index contributed by atoms with van der Waals surface area (Å²) < 4.78 is 32.5. The van der Waals surface area contributed by atoms with E-state index in [1.165, 1.54) is 12.1 Å². The minimum Gasteiger partial charge on any atom is -0.435 e. The molecule has 3 aromatic rings. The molecule has 5 nitrogen and oxygen atoms in total. The Bertz CT molecular complexity index is 715. The Balaban J connectivity index is 0.00000176. The summed E-state index contributed by atoms with van der Waals surface area (Å²) >= 11 is 0. The first-order valence-electron chi connectivity index (χ1n) is 6.24. The monoisotopic (exact) mass is 326 g/mol. The van der Waals surface area contributed by atoms with E-state index in [4.69, 9.17) is 0 Å². The van der Waals surface area contributed by atoms with Crippen molar-refractivity contribution in [2.75, 3.05) is 0 Å². The average Bonchev–Trinajstić information content (AvgIpc) is 3.10. The van der Waals surface area contributed by atoms with E-state index in [1.807, 2.05) is 17.0 Å². The van der Waals surface area contributed by atoms with Gasteiger partial charge >= 0.3 is 6.61 Å². The number of hydrogen-bond acceptors (Lipinski definition) is 3. The number of benzene rings is 1. The number of aromatic nitrogens is 4. The summed E-state index contributed by atoms with van der Waals surface area (Å²) in [4.78, 5) is 8.25. The van der Waals surface area contributed by atoms with Gasteiger partial charge in [0.25, 0.3) is 0 Å². The summed E-state index contributed by atoms with van der Waals surface area (Å²) in [6.45, 7) is -2.24. The molecule has 0 N–H and O–H groups in total. The predicted octanol–water partition coefficient (Wildman–Crippen LogP) is 3.14. The quantitative estimate of drug-likeness (QED) is 0.723. The van der Waals surface area contributed by atoms with E-state index in [1.54, 1.807) is 35.6 Å². The number of ether oxygens (including phenoxy) is 1. The smallest absolute Gasteiger partial charge is 0.387 e. The molecule has 0 aliphatic carbocycles. The molecule has 116 valence electrons. The highest BCUT2D eigenvalue weighted by molar-refractivity contribution is 5.85. The number of halogens is 3. The summed E-state index contributed by atoms with van der Waals surface area (Å²) in [6, 6.07) is 6.47. The van der Waals surface area contributed by atoms with Crippen molar-refractivity contribution in [2.45, 2.75) is 13.2 Å². The summed E-state index contributed by atoms with van der Waals surface area (Å²) in [5, 5.41) is 0. The van der Waals surface area contributed by atoms with Crippen molar-refractivity contribution in [1.82, 2.24) is 19.1 Å². The van der Waals surface area contributed by atoms with E-state index in [0.717, 1.165) is 5.69 Å². The number of nitrogens with zero attached hydrogens (tertiary/aromatic N) is 4. The van der Waals surface area contributed by atoms with Crippen molar-refractivity contribution in [2.24, 2.45) is 0 Å². The van der Waals surface area contributed by atoms with Gasteiger partial charge in [-0.2, -0.15) is 8.78 Å². The zero-order chi connectivity index (χ0) is 14.7. The molecule has 0 radical (unpaired) electrons. The highest BCUT2D eigenvalue weighted by atomic mass is 35.5. The maximum Gasteiger partial charge on any atom is 0.387 e. The second kappa shape index (κ2) is 7.04. The van der Waals surface area contributed by atoms with Crippen LogP contribution in [-0.2, 0) is 6.54 Å². The van der Waals surface area contributed by atoms with Crippen LogP contribution in [0.4, 0.5) is 8.78 Å². The van der Waals surface area contributed by atoms with Crippen LogP contribution < -0.4 is 4.74 Å². The molecule has 0 spiro atoms. The Morgan fingerprint density at radius 2 is 2.09 bits per heavy atom. The molecule has 0 unspecified atom stereocenters. The number of rotatable bonds is 5. The molecule has 2 aromatic heterocycles. The number of imidazole rings is 2. The van der Waals surface area contributed by atoms with E-state index in [-0.39, 0.29) is 18.2 Å². The van der Waals surface area contributed by atoms with Crippen LogP contribution in [0.2, 0.25) is 0 Å². The average molecular weight is 327 g/mol. The summed E-state index contributed by atoms with van der Waals surface area (Å²) in [6.07, 6.45) is 8.71. The van der Waals surface area contributed by atoms with Crippen molar-refractivity contribution >= 4 is 12.4 Å². The second-order valence-electron chi connectivity index (χ2n) is 4.38. The third kappa shape index (κ3) is 3.82. The van der Waals surface area contributed by atoms with Gasteiger partial charge in [0.15, 0.2) is 0 Å². The lowest BCUT2D eigenvalue weighted by Gasteiger charge is -2.07. The van der Waals surface area contributed by atoms with Crippen LogP contribution in [0.1, 0.15) is 5.69 Å². The first-order valence-corrected chi connectivity index (χ1v) is 6.24. The van der Waals surface area contributed by atoms with E-state index < -0.39 is 6.61 Å². The fraction of sp³-hybridized carbons (Fsp3) is 0.143. The molecule has 0 aliphatic rings. The molecule has 8 heteroatoms. The lowest BCUT2D eigenvalue weighted by Crippen LogP contribution is -2.02. The van der Waals surface area contributed by atoms with Crippen molar-refractivity contribution in [3.05, 3.63) is 61.2 Å². The van der Waals surface area contributed by atoms with Crippen LogP contribution >= 0.6 is 12.4 Å². The fourth-order valence-corrected chi connectivity index (χ4v) is 1.97. The maximum absolute atomic E-state index is 12.2. The SMILES string of the molecule is Cl.FC(F)Oc1cccc(-n2cnc(Cn3ccnc3)c2)c1. The van der Waals surface area contributed by atoms with Gasteiger partial charge in [0.1, 0.15) is 5.75 Å². The van der Waals surface area contributed by atoms with Crippen molar-refractivity contribution in [3.63, 3.8) is 0 Å². The molecular weight excluding hydrogens is 314 g/mol. The van der Waals surface area contributed by atoms with Gasteiger partial charge < -0.3 is 13.9 Å². The van der Waals surface area contributed by atoms with Crippen LogP contribution in [0.15, 0.2) is 55.5 Å². The van der Waals surface area contributed by atoms with Crippen LogP contribution in [0, 0.1) is 0 Å². The van der Waals surface area contributed by atoms with Crippen LogP contribution in [0.5, 0.6) is 5.75 Å². The molecule has 0 amide bonds. The zero-order valence-electron chi connectivity index (χ0n) is 11.3. The molecule has 0 fully saturated rings. The minimum atomic E-state index is -2.83. The van der Waals surface area contributed by atoms with Crippen molar-refractivity contribution < 1.29 is 13.5 Å². The predicted molar refractivity (Wildman–Crippen MR) is 78.8 cm³/mol. The van der Waals surface area contributed by atoms with Crippen LogP contribution in [0.25, 0.3) is 5.69 Å². The number of hydrogen-bond donors (Lipinski definition) is 0. The summed E-state index contributed by atoms with van der Waals surface area (Å²) in [5.41, 5.74) is 1.55. The Kier molecular flexibility index (Phi) is 5.11. The highest BCUT2D eigenvalue weighted by Gasteiger charge is 2.06. The maximum atomic E-state index is 12.2. The van der Waals surface area contributed by atoms with Crippen LogP contribution in [-0.4, -0.2) is 25.7 Å². The fourth-order valence-electron chi connectivity index (χ4n) is 1.97. The molecule has 0 aliphatic heterocycles. The molecule has 3 rings (SSSR count). The Labute approximate surface area is 131 Å². The molecule has 0 bridgehead atoms. The minimum absolute atomic E-state index is 0. The number of alkyl halides is 2. The van der Waals surface area contributed by atoms with Gasteiger partial charge in [-0.25, -0.2) is 9.97 Å². The van der Waals surface area contributed by atoms with E-state index in [9.17, 15) is 8.78 Å². The normalized spacial score (nSPS) is 10.5. The lowest BCUT2D eigenvalue weighted by atomic mass is 10.3. The molecular formula is C14H13ClF2N4O. The second-order valence-corrected chi connectivity index (χ2v) is 4.38. The van der Waals surface area contributed by atoms with Gasteiger partial charge in [-0.15, -0.1) is 12.4 Å². The summed E-state index contributed by atoms with van der Waals surface area (Å²) in [7, 11) is 0.